The molecule has 0 aliphatic heterocycles. The van der Waals surface area contributed by atoms with E-state index in [1.165, 1.54) is 28.3 Å². The summed E-state index contributed by atoms with van der Waals surface area (Å²) in [4.78, 5) is 12.9. The largest absolute Gasteiger partial charge is 0.494 e. The highest BCUT2D eigenvalue weighted by Gasteiger charge is 2.33. The van der Waals surface area contributed by atoms with E-state index in [4.69, 9.17) is 19.9 Å². The van der Waals surface area contributed by atoms with Gasteiger partial charge in [-0.1, -0.05) is 12.1 Å². The summed E-state index contributed by atoms with van der Waals surface area (Å²) in [5.41, 5.74) is 7.96. The molecule has 0 bridgehead atoms. The standard InChI is InChI=1S/C25H29N7O5S/c1-15-12-27-24(28-13-15)22(26)16(2)38(33,34)14-20-30-31-25(17-8-6-11-21(29-17)37-5)32(20)23-18(35-3)9-7-10-19(23)36-4/h6-13,16,22H,14,26H2,1-5H3/t16-,22-/m0/s1. The van der Waals surface area contributed by atoms with Gasteiger partial charge in [0.2, 0.25) is 5.88 Å². The molecule has 0 saturated heterocycles. The van der Waals surface area contributed by atoms with Crippen molar-refractivity contribution in [2.75, 3.05) is 21.3 Å². The fourth-order valence-corrected chi connectivity index (χ4v) is 5.21. The molecular weight excluding hydrogens is 510 g/mol. The first-order valence-electron chi connectivity index (χ1n) is 11.6. The average molecular weight is 540 g/mol. The van der Waals surface area contributed by atoms with E-state index in [1.807, 2.05) is 6.92 Å². The molecule has 3 heterocycles. The molecule has 4 rings (SSSR count). The molecule has 1 aromatic carbocycles. The lowest BCUT2D eigenvalue weighted by molar-refractivity contribution is 0.390. The zero-order valence-electron chi connectivity index (χ0n) is 21.7. The second kappa shape index (κ2) is 11.1. The van der Waals surface area contributed by atoms with Gasteiger partial charge in [-0.25, -0.2) is 23.4 Å². The van der Waals surface area contributed by atoms with Gasteiger partial charge in [-0.05, 0) is 37.6 Å². The predicted octanol–water partition coefficient (Wildman–Crippen LogP) is 2.46. The third-order valence-corrected chi connectivity index (χ3v) is 8.11. The van der Waals surface area contributed by atoms with E-state index in [1.54, 1.807) is 53.4 Å². The molecule has 0 fully saturated rings. The fraction of sp³-hybridized carbons (Fsp3) is 0.320. The van der Waals surface area contributed by atoms with Crippen molar-refractivity contribution >= 4 is 9.84 Å². The van der Waals surface area contributed by atoms with Crippen molar-refractivity contribution in [1.29, 1.82) is 0 Å². The van der Waals surface area contributed by atoms with E-state index in [0.717, 1.165) is 5.56 Å². The van der Waals surface area contributed by atoms with Gasteiger partial charge in [-0.3, -0.25) is 4.57 Å². The first-order chi connectivity index (χ1) is 18.2. The Morgan fingerprint density at radius 1 is 0.947 bits per heavy atom. The van der Waals surface area contributed by atoms with Crippen LogP contribution in [0.5, 0.6) is 17.4 Å². The summed E-state index contributed by atoms with van der Waals surface area (Å²) in [5.74, 6) is 1.35. The van der Waals surface area contributed by atoms with Gasteiger partial charge in [0.1, 0.15) is 34.5 Å². The van der Waals surface area contributed by atoms with E-state index >= 15 is 0 Å². The second-order valence-electron chi connectivity index (χ2n) is 8.51. The zero-order chi connectivity index (χ0) is 27.4. The monoisotopic (exact) mass is 539 g/mol. The molecule has 2 N–H and O–H groups in total. The highest BCUT2D eigenvalue weighted by Crippen LogP contribution is 2.37. The molecule has 2 atom stereocenters. The van der Waals surface area contributed by atoms with Gasteiger partial charge < -0.3 is 19.9 Å². The van der Waals surface area contributed by atoms with Crippen molar-refractivity contribution < 1.29 is 22.6 Å². The van der Waals surface area contributed by atoms with Gasteiger partial charge in [0, 0.05) is 18.5 Å². The SMILES string of the molecule is COc1cccc(-c2nnc(CS(=O)(=O)[C@@H](C)[C@H](N)c3ncc(C)cn3)n2-c2c(OC)cccc2OC)n1. The van der Waals surface area contributed by atoms with Gasteiger partial charge >= 0.3 is 0 Å². The number of nitrogens with two attached hydrogens (primary N) is 1. The molecule has 0 spiro atoms. The van der Waals surface area contributed by atoms with Crippen LogP contribution in [0.25, 0.3) is 17.2 Å². The highest BCUT2D eigenvalue weighted by atomic mass is 32.2. The first-order valence-corrected chi connectivity index (χ1v) is 13.3. The number of hydrogen-bond acceptors (Lipinski definition) is 11. The molecule has 0 aliphatic rings. The normalized spacial score (nSPS) is 13.1. The summed E-state index contributed by atoms with van der Waals surface area (Å²) in [6, 6.07) is 9.43. The molecular formula is C25H29N7O5S. The maximum Gasteiger partial charge on any atom is 0.213 e. The smallest absolute Gasteiger partial charge is 0.213 e. The molecule has 12 nitrogen and oxygen atoms in total. The Hall–Kier alpha value is -4.10. The maximum absolute atomic E-state index is 13.6. The van der Waals surface area contributed by atoms with E-state index in [0.29, 0.717) is 28.8 Å². The third-order valence-electron chi connectivity index (χ3n) is 6.02. The van der Waals surface area contributed by atoms with Crippen LogP contribution in [0.15, 0.2) is 48.8 Å². The van der Waals surface area contributed by atoms with E-state index in [2.05, 4.69) is 25.1 Å². The Morgan fingerprint density at radius 3 is 2.18 bits per heavy atom. The lowest BCUT2D eigenvalue weighted by Crippen LogP contribution is -2.33. The zero-order valence-corrected chi connectivity index (χ0v) is 22.5. The lowest BCUT2D eigenvalue weighted by atomic mass is 10.2. The van der Waals surface area contributed by atoms with E-state index in [-0.39, 0.29) is 17.5 Å². The molecule has 4 aromatic rings. The molecule has 13 heteroatoms. The predicted molar refractivity (Wildman–Crippen MR) is 140 cm³/mol. The summed E-state index contributed by atoms with van der Waals surface area (Å²) < 4.78 is 45.2. The minimum absolute atomic E-state index is 0.122. The van der Waals surface area contributed by atoms with Crippen LogP contribution in [-0.2, 0) is 15.6 Å². The molecule has 0 radical (unpaired) electrons. The minimum Gasteiger partial charge on any atom is -0.494 e. The van der Waals surface area contributed by atoms with E-state index < -0.39 is 26.9 Å². The number of para-hydroxylation sites is 1. The number of aromatic nitrogens is 6. The second-order valence-corrected chi connectivity index (χ2v) is 10.9. The van der Waals surface area contributed by atoms with Gasteiger partial charge in [0.05, 0.1) is 32.6 Å². The van der Waals surface area contributed by atoms with Crippen LogP contribution in [0.1, 0.15) is 30.2 Å². The minimum atomic E-state index is -3.88. The van der Waals surface area contributed by atoms with Crippen molar-refractivity contribution in [3.63, 3.8) is 0 Å². The van der Waals surface area contributed by atoms with Crippen LogP contribution >= 0.6 is 0 Å². The fourth-order valence-electron chi connectivity index (χ4n) is 3.84. The van der Waals surface area contributed by atoms with Crippen molar-refractivity contribution in [1.82, 2.24) is 29.7 Å². The molecule has 0 amide bonds. The molecule has 0 saturated carbocycles. The van der Waals surface area contributed by atoms with Crippen molar-refractivity contribution in [2.45, 2.75) is 30.9 Å². The number of hydrogen-bond donors (Lipinski definition) is 1. The van der Waals surface area contributed by atoms with Crippen molar-refractivity contribution in [3.8, 4) is 34.6 Å². The molecule has 0 unspecified atom stereocenters. The third kappa shape index (κ3) is 5.29. The first kappa shape index (κ1) is 26.9. The number of methoxy groups -OCH3 is 3. The Bertz CT molecular complexity index is 1500. The number of pyridine rings is 1. The van der Waals surface area contributed by atoms with Crippen LogP contribution in [0.3, 0.4) is 0 Å². The number of sulfone groups is 1. The quantitative estimate of drug-likeness (QED) is 0.316. The number of nitrogens with zero attached hydrogens (tertiary/aromatic N) is 6. The number of benzene rings is 1. The summed E-state index contributed by atoms with van der Waals surface area (Å²) in [6.07, 6.45) is 3.19. The topological polar surface area (TPSA) is 157 Å². The van der Waals surface area contributed by atoms with Gasteiger partial charge in [0.15, 0.2) is 21.5 Å². The maximum atomic E-state index is 13.6. The van der Waals surface area contributed by atoms with Crippen LogP contribution < -0.4 is 19.9 Å². The van der Waals surface area contributed by atoms with Gasteiger partial charge in [0.25, 0.3) is 0 Å². The van der Waals surface area contributed by atoms with Crippen LogP contribution in [0.4, 0.5) is 0 Å². The molecule has 38 heavy (non-hydrogen) atoms. The average Bonchev–Trinajstić information content (AvgIpc) is 3.34. The molecule has 200 valence electrons. The Kier molecular flexibility index (Phi) is 7.88. The summed E-state index contributed by atoms with van der Waals surface area (Å²) in [7, 11) is 0.634. The van der Waals surface area contributed by atoms with Crippen molar-refractivity contribution in [2.24, 2.45) is 5.73 Å². The highest BCUT2D eigenvalue weighted by molar-refractivity contribution is 7.91. The Labute approximate surface area is 220 Å². The number of ether oxygens (including phenoxy) is 3. The Balaban J connectivity index is 1.84. The van der Waals surface area contributed by atoms with Crippen LogP contribution in [0.2, 0.25) is 0 Å². The number of rotatable bonds is 10. The summed E-state index contributed by atoms with van der Waals surface area (Å²) in [6.45, 7) is 3.36. The van der Waals surface area contributed by atoms with Crippen LogP contribution in [0, 0.1) is 6.92 Å². The van der Waals surface area contributed by atoms with Gasteiger partial charge in [-0.2, -0.15) is 0 Å². The lowest BCUT2D eigenvalue weighted by Gasteiger charge is -2.20. The molecule has 3 aromatic heterocycles. The van der Waals surface area contributed by atoms with Crippen LogP contribution in [-0.4, -0.2) is 64.7 Å². The molecule has 0 aliphatic carbocycles. The summed E-state index contributed by atoms with van der Waals surface area (Å²) in [5, 5.41) is 7.54. The number of aryl methyl sites for hydroxylation is 1. The van der Waals surface area contributed by atoms with Crippen molar-refractivity contribution in [3.05, 3.63) is 66.0 Å². The Morgan fingerprint density at radius 2 is 1.58 bits per heavy atom. The van der Waals surface area contributed by atoms with Gasteiger partial charge in [-0.15, -0.1) is 10.2 Å². The summed E-state index contributed by atoms with van der Waals surface area (Å²) >= 11 is 0. The van der Waals surface area contributed by atoms with E-state index in [9.17, 15) is 8.42 Å².